The first kappa shape index (κ1) is 14.6. The molecule has 1 atom stereocenters. The number of aromatic hydroxyl groups is 1. The lowest BCUT2D eigenvalue weighted by Gasteiger charge is -2.31. The van der Waals surface area contributed by atoms with Crippen LogP contribution in [-0.2, 0) is 6.54 Å². The monoisotopic (exact) mass is 329 g/mol. The summed E-state index contributed by atoms with van der Waals surface area (Å²) in [7, 11) is 1.55. The molecule has 0 spiro atoms. The SMILES string of the molecule is COc1cc(CN2CCCC(CO)C2)cc(Br)c1O. The van der Waals surface area contributed by atoms with Gasteiger partial charge in [-0.2, -0.15) is 0 Å². The molecule has 0 radical (unpaired) electrons. The van der Waals surface area contributed by atoms with Crippen LogP contribution in [0.1, 0.15) is 18.4 Å². The van der Waals surface area contributed by atoms with Crippen LogP contribution < -0.4 is 4.74 Å². The molecule has 0 saturated carbocycles. The molecule has 2 rings (SSSR count). The summed E-state index contributed by atoms with van der Waals surface area (Å²) in [6.07, 6.45) is 2.23. The highest BCUT2D eigenvalue weighted by Crippen LogP contribution is 2.35. The predicted octanol–water partition coefficient (Wildman–Crippen LogP) is 2.37. The van der Waals surface area contributed by atoms with Crippen LogP contribution in [0.3, 0.4) is 0 Å². The van der Waals surface area contributed by atoms with Crippen LogP contribution in [0.2, 0.25) is 0 Å². The Hall–Kier alpha value is -0.780. The van der Waals surface area contributed by atoms with Crippen LogP contribution in [0.25, 0.3) is 0 Å². The van der Waals surface area contributed by atoms with Gasteiger partial charge in [0, 0.05) is 19.7 Å². The Bertz CT molecular complexity index is 439. The van der Waals surface area contributed by atoms with E-state index in [0.717, 1.165) is 38.0 Å². The number of likely N-dealkylation sites (tertiary alicyclic amines) is 1. The van der Waals surface area contributed by atoms with Gasteiger partial charge in [-0.3, -0.25) is 4.90 Å². The van der Waals surface area contributed by atoms with Crippen LogP contribution in [0.15, 0.2) is 16.6 Å². The molecule has 1 aromatic carbocycles. The quantitative estimate of drug-likeness (QED) is 0.890. The summed E-state index contributed by atoms with van der Waals surface area (Å²) in [4.78, 5) is 2.34. The van der Waals surface area contributed by atoms with Gasteiger partial charge in [0.2, 0.25) is 0 Å². The number of aliphatic hydroxyl groups excluding tert-OH is 1. The third kappa shape index (κ3) is 3.61. The molecule has 1 aromatic rings. The summed E-state index contributed by atoms with van der Waals surface area (Å²) < 4.78 is 5.81. The summed E-state index contributed by atoms with van der Waals surface area (Å²) in [6.45, 7) is 3.06. The highest BCUT2D eigenvalue weighted by Gasteiger charge is 2.20. The summed E-state index contributed by atoms with van der Waals surface area (Å²) in [5.41, 5.74) is 1.10. The highest BCUT2D eigenvalue weighted by molar-refractivity contribution is 9.10. The molecule has 1 unspecified atom stereocenters. The first-order chi connectivity index (χ1) is 9.13. The van der Waals surface area contributed by atoms with Crippen molar-refractivity contribution >= 4 is 15.9 Å². The number of phenolic OH excluding ortho intramolecular Hbond substituents is 1. The van der Waals surface area contributed by atoms with Crippen LogP contribution >= 0.6 is 15.9 Å². The number of rotatable bonds is 4. The van der Waals surface area contributed by atoms with Crippen molar-refractivity contribution in [3.63, 3.8) is 0 Å². The number of hydrogen-bond acceptors (Lipinski definition) is 4. The first-order valence-electron chi connectivity index (χ1n) is 6.52. The van der Waals surface area contributed by atoms with E-state index in [1.807, 2.05) is 12.1 Å². The average Bonchev–Trinajstić information content (AvgIpc) is 2.43. The van der Waals surface area contributed by atoms with Crippen molar-refractivity contribution in [1.82, 2.24) is 4.90 Å². The molecule has 2 N–H and O–H groups in total. The second-order valence-corrected chi connectivity index (χ2v) is 5.91. The largest absolute Gasteiger partial charge is 0.503 e. The highest BCUT2D eigenvalue weighted by atomic mass is 79.9. The van der Waals surface area contributed by atoms with Gasteiger partial charge in [0.15, 0.2) is 11.5 Å². The van der Waals surface area contributed by atoms with Gasteiger partial charge >= 0.3 is 0 Å². The normalized spacial score (nSPS) is 20.5. The van der Waals surface area contributed by atoms with Crippen molar-refractivity contribution in [3.8, 4) is 11.5 Å². The Labute approximate surface area is 122 Å². The van der Waals surface area contributed by atoms with Crippen molar-refractivity contribution in [2.24, 2.45) is 5.92 Å². The molecule has 1 saturated heterocycles. The Morgan fingerprint density at radius 1 is 1.47 bits per heavy atom. The van der Waals surface area contributed by atoms with Gasteiger partial charge in [-0.05, 0) is 58.9 Å². The lowest BCUT2D eigenvalue weighted by Crippen LogP contribution is -2.36. The maximum Gasteiger partial charge on any atom is 0.172 e. The minimum Gasteiger partial charge on any atom is -0.503 e. The van der Waals surface area contributed by atoms with Crippen molar-refractivity contribution in [2.45, 2.75) is 19.4 Å². The minimum absolute atomic E-state index is 0.137. The number of aliphatic hydroxyl groups is 1. The molecular weight excluding hydrogens is 310 g/mol. The fraction of sp³-hybridized carbons (Fsp3) is 0.571. The van der Waals surface area contributed by atoms with E-state index >= 15 is 0 Å². The number of methoxy groups -OCH3 is 1. The lowest BCUT2D eigenvalue weighted by molar-refractivity contribution is 0.116. The molecular formula is C14H20BrNO3. The third-order valence-electron chi connectivity index (χ3n) is 3.58. The molecule has 1 aliphatic rings. The zero-order valence-electron chi connectivity index (χ0n) is 11.1. The van der Waals surface area contributed by atoms with Crippen molar-refractivity contribution in [1.29, 1.82) is 0 Å². The molecule has 1 aliphatic heterocycles. The van der Waals surface area contributed by atoms with Gasteiger partial charge in [0.1, 0.15) is 0 Å². The van der Waals surface area contributed by atoms with Crippen molar-refractivity contribution in [3.05, 3.63) is 22.2 Å². The Balaban J connectivity index is 2.08. The van der Waals surface area contributed by atoms with Crippen LogP contribution in [-0.4, -0.2) is 41.9 Å². The number of phenols is 1. The summed E-state index contributed by atoms with van der Waals surface area (Å²) in [6, 6.07) is 3.78. The third-order valence-corrected chi connectivity index (χ3v) is 4.18. The summed E-state index contributed by atoms with van der Waals surface area (Å²) in [5.74, 6) is 1.01. The van der Waals surface area contributed by atoms with E-state index in [1.54, 1.807) is 7.11 Å². The number of hydrogen-bond donors (Lipinski definition) is 2. The second-order valence-electron chi connectivity index (χ2n) is 5.05. The molecule has 5 heteroatoms. The summed E-state index contributed by atoms with van der Waals surface area (Å²) >= 11 is 3.34. The van der Waals surface area contributed by atoms with Crippen LogP contribution in [0.5, 0.6) is 11.5 Å². The Kier molecular flexibility index (Phi) is 5.07. The lowest BCUT2D eigenvalue weighted by atomic mass is 9.98. The van der Waals surface area contributed by atoms with Crippen molar-refractivity contribution < 1.29 is 14.9 Å². The summed E-state index contributed by atoms with van der Waals surface area (Å²) in [5, 5.41) is 19.0. The molecule has 4 nitrogen and oxygen atoms in total. The zero-order chi connectivity index (χ0) is 13.8. The van der Waals surface area contributed by atoms with E-state index in [4.69, 9.17) is 4.74 Å². The maximum absolute atomic E-state index is 9.79. The van der Waals surface area contributed by atoms with Gasteiger partial charge in [-0.25, -0.2) is 0 Å². The molecule has 1 fully saturated rings. The molecule has 19 heavy (non-hydrogen) atoms. The molecule has 0 aliphatic carbocycles. The Morgan fingerprint density at radius 2 is 2.26 bits per heavy atom. The Morgan fingerprint density at radius 3 is 2.95 bits per heavy atom. The van der Waals surface area contributed by atoms with E-state index in [0.29, 0.717) is 16.1 Å². The molecule has 1 heterocycles. The van der Waals surface area contributed by atoms with E-state index < -0.39 is 0 Å². The van der Waals surface area contributed by atoms with Gasteiger partial charge in [0.05, 0.1) is 11.6 Å². The van der Waals surface area contributed by atoms with Crippen molar-refractivity contribution in [2.75, 3.05) is 26.8 Å². The van der Waals surface area contributed by atoms with Crippen LogP contribution in [0, 0.1) is 5.92 Å². The van der Waals surface area contributed by atoms with Crippen LogP contribution in [0.4, 0.5) is 0 Å². The van der Waals surface area contributed by atoms with Gasteiger partial charge in [-0.15, -0.1) is 0 Å². The number of halogens is 1. The fourth-order valence-electron chi connectivity index (χ4n) is 2.58. The number of nitrogens with zero attached hydrogens (tertiary/aromatic N) is 1. The number of piperidine rings is 1. The minimum atomic E-state index is 0.137. The van der Waals surface area contributed by atoms with E-state index in [1.165, 1.54) is 0 Å². The predicted molar refractivity (Wildman–Crippen MR) is 77.4 cm³/mol. The maximum atomic E-state index is 9.79. The van der Waals surface area contributed by atoms with Gasteiger partial charge in [-0.1, -0.05) is 0 Å². The topological polar surface area (TPSA) is 52.9 Å². The zero-order valence-corrected chi connectivity index (χ0v) is 12.7. The average molecular weight is 330 g/mol. The molecule has 0 amide bonds. The molecule has 0 bridgehead atoms. The fourth-order valence-corrected chi connectivity index (χ4v) is 3.07. The second kappa shape index (κ2) is 6.59. The molecule has 106 valence electrons. The van der Waals surface area contributed by atoms with Gasteiger partial charge < -0.3 is 14.9 Å². The van der Waals surface area contributed by atoms with E-state index in [2.05, 4.69) is 20.8 Å². The number of benzene rings is 1. The molecule has 0 aromatic heterocycles. The number of ether oxygens (including phenoxy) is 1. The smallest absolute Gasteiger partial charge is 0.172 e. The van der Waals surface area contributed by atoms with Gasteiger partial charge in [0.25, 0.3) is 0 Å². The van der Waals surface area contributed by atoms with E-state index in [9.17, 15) is 10.2 Å². The standard InChI is InChI=1S/C14H20BrNO3/c1-19-13-6-11(5-12(15)14(13)18)8-16-4-2-3-10(7-16)9-17/h5-6,10,17-18H,2-4,7-9H2,1H3. The first-order valence-corrected chi connectivity index (χ1v) is 7.32. The van der Waals surface area contributed by atoms with E-state index in [-0.39, 0.29) is 12.4 Å².